The molecule has 1 aromatic carbocycles. The summed E-state index contributed by atoms with van der Waals surface area (Å²) in [6.45, 7) is 1.66. The Bertz CT molecular complexity index is 646. The fraction of sp³-hybridized carbons (Fsp3) is 0.231. The summed E-state index contributed by atoms with van der Waals surface area (Å²) in [6.07, 6.45) is -4.62. The first-order valence-electron chi connectivity index (χ1n) is 5.89. The fourth-order valence-electron chi connectivity index (χ4n) is 1.72. The molecule has 1 N–H and O–H groups in total. The first-order chi connectivity index (χ1) is 9.75. The summed E-state index contributed by atoms with van der Waals surface area (Å²) >= 11 is 5.49. The lowest BCUT2D eigenvalue weighted by atomic mass is 10.1. The van der Waals surface area contributed by atoms with Crippen molar-refractivity contribution in [1.82, 2.24) is 9.97 Å². The van der Waals surface area contributed by atoms with Gasteiger partial charge >= 0.3 is 6.18 Å². The van der Waals surface area contributed by atoms with E-state index in [0.29, 0.717) is 5.56 Å². The van der Waals surface area contributed by atoms with Gasteiger partial charge in [0.15, 0.2) is 5.69 Å². The van der Waals surface area contributed by atoms with Crippen molar-refractivity contribution >= 4 is 17.4 Å². The van der Waals surface area contributed by atoms with Crippen molar-refractivity contribution in [3.05, 3.63) is 52.7 Å². The van der Waals surface area contributed by atoms with Gasteiger partial charge < -0.3 is 5.32 Å². The van der Waals surface area contributed by atoms with Crippen LogP contribution in [0.5, 0.6) is 0 Å². The van der Waals surface area contributed by atoms with Gasteiger partial charge in [-0.15, -0.1) is 0 Å². The van der Waals surface area contributed by atoms with Crippen molar-refractivity contribution < 1.29 is 17.6 Å². The number of rotatable bonds is 3. The summed E-state index contributed by atoms with van der Waals surface area (Å²) in [7, 11) is 0. The Morgan fingerprint density at radius 2 is 1.90 bits per heavy atom. The molecule has 2 rings (SSSR count). The lowest BCUT2D eigenvalue weighted by Crippen LogP contribution is -2.13. The summed E-state index contributed by atoms with van der Waals surface area (Å²) in [5.74, 6) is -0.517. The van der Waals surface area contributed by atoms with E-state index < -0.39 is 29.0 Å². The van der Waals surface area contributed by atoms with Gasteiger partial charge in [-0.3, -0.25) is 0 Å². The lowest BCUT2D eigenvalue weighted by Gasteiger charge is -2.16. The Morgan fingerprint density at radius 1 is 1.19 bits per heavy atom. The first kappa shape index (κ1) is 15.5. The Labute approximate surface area is 123 Å². The molecule has 1 atom stereocenters. The summed E-state index contributed by atoms with van der Waals surface area (Å²) in [4.78, 5) is 6.81. The maximum atomic E-state index is 13.1. The van der Waals surface area contributed by atoms with Crippen LogP contribution >= 0.6 is 11.6 Å². The third kappa shape index (κ3) is 4.04. The molecule has 0 aliphatic rings. The summed E-state index contributed by atoms with van der Waals surface area (Å²) in [5, 5.41) is 2.22. The van der Waals surface area contributed by atoms with E-state index in [0.717, 1.165) is 6.07 Å². The molecule has 0 saturated carbocycles. The van der Waals surface area contributed by atoms with Crippen molar-refractivity contribution in [2.75, 3.05) is 5.32 Å². The Balaban J connectivity index is 2.25. The van der Waals surface area contributed by atoms with Gasteiger partial charge in [-0.2, -0.15) is 13.2 Å². The van der Waals surface area contributed by atoms with Crippen molar-refractivity contribution in [3.63, 3.8) is 0 Å². The quantitative estimate of drug-likeness (QED) is 0.670. The van der Waals surface area contributed by atoms with Crippen molar-refractivity contribution in [3.8, 4) is 0 Å². The van der Waals surface area contributed by atoms with E-state index >= 15 is 0 Å². The topological polar surface area (TPSA) is 37.8 Å². The molecule has 2 aromatic rings. The molecule has 0 saturated heterocycles. The van der Waals surface area contributed by atoms with E-state index in [-0.39, 0.29) is 5.82 Å². The zero-order chi connectivity index (χ0) is 15.6. The highest BCUT2D eigenvalue weighted by atomic mass is 35.5. The number of halogens is 5. The van der Waals surface area contributed by atoms with E-state index in [4.69, 9.17) is 11.6 Å². The molecule has 0 fully saturated rings. The zero-order valence-corrected chi connectivity index (χ0v) is 11.5. The highest BCUT2D eigenvalue weighted by Crippen LogP contribution is 2.30. The molecule has 3 nitrogen and oxygen atoms in total. The smallest absolute Gasteiger partial charge is 0.363 e. The van der Waals surface area contributed by atoms with Crippen molar-refractivity contribution in [2.45, 2.75) is 19.1 Å². The van der Waals surface area contributed by atoms with Gasteiger partial charge in [0.05, 0.1) is 6.04 Å². The predicted octanol–water partition coefficient (Wildman–Crippen LogP) is 4.46. The standard InChI is InChI=1S/C13H10ClF4N3/c1-7(8-3-2-4-9(15)5-8)19-11-6-10(13(16,17)18)20-12(14)21-11/h2-7H,1H3,(H,19,20,21). The Hall–Kier alpha value is -1.89. The molecule has 112 valence electrons. The Morgan fingerprint density at radius 3 is 2.52 bits per heavy atom. The molecular formula is C13H10ClF4N3. The molecule has 8 heteroatoms. The van der Waals surface area contributed by atoms with Crippen LogP contribution in [-0.2, 0) is 6.18 Å². The molecule has 21 heavy (non-hydrogen) atoms. The van der Waals surface area contributed by atoms with E-state index in [1.807, 2.05) is 0 Å². The predicted molar refractivity (Wildman–Crippen MR) is 70.5 cm³/mol. The average molecular weight is 320 g/mol. The van der Waals surface area contributed by atoms with Crippen LogP contribution in [0.3, 0.4) is 0 Å². The van der Waals surface area contributed by atoms with Crippen LogP contribution in [0.2, 0.25) is 5.28 Å². The second kappa shape index (κ2) is 5.85. The molecule has 0 aliphatic heterocycles. The summed E-state index contributed by atoms with van der Waals surface area (Å²) in [5.41, 5.74) is -0.574. The molecule has 0 aliphatic carbocycles. The number of hydrogen-bond acceptors (Lipinski definition) is 3. The maximum Gasteiger partial charge on any atom is 0.433 e. The van der Waals surface area contributed by atoms with Crippen LogP contribution in [0.4, 0.5) is 23.4 Å². The van der Waals surface area contributed by atoms with Crippen molar-refractivity contribution in [2.24, 2.45) is 0 Å². The van der Waals surface area contributed by atoms with Gasteiger partial charge in [0, 0.05) is 6.07 Å². The summed E-state index contributed by atoms with van der Waals surface area (Å²) in [6, 6.07) is 6.02. The number of nitrogens with one attached hydrogen (secondary N) is 1. The third-order valence-electron chi connectivity index (χ3n) is 2.70. The zero-order valence-electron chi connectivity index (χ0n) is 10.7. The van der Waals surface area contributed by atoms with Crippen LogP contribution in [0.25, 0.3) is 0 Å². The number of benzene rings is 1. The van der Waals surface area contributed by atoms with E-state index in [9.17, 15) is 17.6 Å². The minimum atomic E-state index is -4.62. The normalized spacial score (nSPS) is 13.0. The number of nitrogens with zero attached hydrogens (tertiary/aromatic N) is 2. The number of aromatic nitrogens is 2. The molecule has 1 unspecified atom stereocenters. The van der Waals surface area contributed by atoms with E-state index in [2.05, 4.69) is 15.3 Å². The first-order valence-corrected chi connectivity index (χ1v) is 6.27. The molecule has 0 bridgehead atoms. The molecule has 1 heterocycles. The molecule has 0 amide bonds. The van der Waals surface area contributed by atoms with Crippen LogP contribution < -0.4 is 5.32 Å². The van der Waals surface area contributed by atoms with E-state index in [1.54, 1.807) is 13.0 Å². The van der Waals surface area contributed by atoms with Crippen LogP contribution in [0.1, 0.15) is 24.2 Å². The van der Waals surface area contributed by atoms with Crippen LogP contribution in [0, 0.1) is 5.82 Å². The van der Waals surface area contributed by atoms with Crippen LogP contribution in [0.15, 0.2) is 30.3 Å². The SMILES string of the molecule is CC(Nc1cc(C(F)(F)F)nc(Cl)n1)c1cccc(F)c1. The second-order valence-corrected chi connectivity index (χ2v) is 4.66. The average Bonchev–Trinajstić information content (AvgIpc) is 2.37. The van der Waals surface area contributed by atoms with Gasteiger partial charge in [-0.1, -0.05) is 12.1 Å². The molecular weight excluding hydrogens is 310 g/mol. The third-order valence-corrected chi connectivity index (χ3v) is 2.87. The number of anilines is 1. The van der Waals surface area contributed by atoms with Crippen LogP contribution in [-0.4, -0.2) is 9.97 Å². The fourth-order valence-corrected chi connectivity index (χ4v) is 1.90. The Kier molecular flexibility index (Phi) is 4.32. The minimum absolute atomic E-state index is 0.0842. The van der Waals surface area contributed by atoms with E-state index in [1.165, 1.54) is 18.2 Å². The van der Waals surface area contributed by atoms with Gasteiger partial charge in [0.2, 0.25) is 5.28 Å². The highest BCUT2D eigenvalue weighted by molar-refractivity contribution is 6.28. The van der Waals surface area contributed by atoms with Gasteiger partial charge in [-0.05, 0) is 36.2 Å². The van der Waals surface area contributed by atoms with Gasteiger partial charge in [0.1, 0.15) is 11.6 Å². The minimum Gasteiger partial charge on any atom is -0.363 e. The van der Waals surface area contributed by atoms with Crippen molar-refractivity contribution in [1.29, 1.82) is 0 Å². The lowest BCUT2D eigenvalue weighted by molar-refractivity contribution is -0.141. The van der Waals surface area contributed by atoms with Gasteiger partial charge in [-0.25, -0.2) is 14.4 Å². The second-order valence-electron chi connectivity index (χ2n) is 4.33. The highest BCUT2D eigenvalue weighted by Gasteiger charge is 2.33. The van der Waals surface area contributed by atoms with Gasteiger partial charge in [0.25, 0.3) is 0 Å². The monoisotopic (exact) mass is 319 g/mol. The summed E-state index contributed by atoms with van der Waals surface area (Å²) < 4.78 is 51.0. The maximum absolute atomic E-state index is 13.1. The molecule has 0 spiro atoms. The molecule has 1 aromatic heterocycles. The number of alkyl halides is 3. The largest absolute Gasteiger partial charge is 0.433 e. The molecule has 0 radical (unpaired) electrons. The number of hydrogen-bond donors (Lipinski definition) is 1.